The van der Waals surface area contributed by atoms with E-state index in [2.05, 4.69) is 24.5 Å². The second-order valence-electron chi connectivity index (χ2n) is 8.43. The first-order chi connectivity index (χ1) is 16.9. The summed E-state index contributed by atoms with van der Waals surface area (Å²) in [5, 5.41) is 5.82. The van der Waals surface area contributed by atoms with Gasteiger partial charge in [0.25, 0.3) is 11.8 Å². The van der Waals surface area contributed by atoms with E-state index in [1.54, 1.807) is 47.4 Å². The molecule has 0 aliphatic heterocycles. The van der Waals surface area contributed by atoms with Crippen molar-refractivity contribution in [1.82, 2.24) is 5.32 Å². The smallest absolute Gasteiger partial charge is 0.258 e. The Bertz CT molecular complexity index is 1160. The van der Waals surface area contributed by atoms with E-state index in [0.29, 0.717) is 41.6 Å². The average molecular weight is 490 g/mol. The molecule has 0 aromatic heterocycles. The first-order valence-electron chi connectivity index (χ1n) is 11.7. The van der Waals surface area contributed by atoms with Crippen LogP contribution in [0.2, 0.25) is 0 Å². The van der Waals surface area contributed by atoms with E-state index in [1.807, 2.05) is 43.3 Å². The summed E-state index contributed by atoms with van der Waals surface area (Å²) in [6, 6.07) is 23.6. The van der Waals surface area contributed by atoms with Gasteiger partial charge in [0.05, 0.1) is 6.61 Å². The van der Waals surface area contributed by atoms with E-state index in [4.69, 9.17) is 17.0 Å². The molecule has 3 rings (SSSR count). The van der Waals surface area contributed by atoms with Crippen LogP contribution in [0.5, 0.6) is 5.75 Å². The van der Waals surface area contributed by atoms with Gasteiger partial charge in [-0.1, -0.05) is 44.2 Å². The van der Waals surface area contributed by atoms with Crippen LogP contribution in [0.25, 0.3) is 0 Å². The zero-order valence-electron chi connectivity index (χ0n) is 20.3. The summed E-state index contributed by atoms with van der Waals surface area (Å²) in [5.41, 5.74) is 2.40. The largest absolute Gasteiger partial charge is 0.494 e. The standard InChI is InChI=1S/C28H31N3O3S/c1-4-31(24-13-6-5-7-14-24)27(33)22-11-8-12-23(18-22)29-28(35)30-26(32)21-10-9-15-25(19-21)34-17-16-20(2)3/h5-15,18-20H,4,16-17H2,1-3H3,(H2,29,30,32,35). The summed E-state index contributed by atoms with van der Waals surface area (Å²) in [7, 11) is 0. The fraction of sp³-hybridized carbons (Fsp3) is 0.250. The molecule has 35 heavy (non-hydrogen) atoms. The van der Waals surface area contributed by atoms with E-state index < -0.39 is 0 Å². The number of nitrogens with zero attached hydrogens (tertiary/aromatic N) is 1. The fourth-order valence-corrected chi connectivity index (χ4v) is 3.62. The lowest BCUT2D eigenvalue weighted by Gasteiger charge is -2.21. The molecule has 3 aromatic rings. The van der Waals surface area contributed by atoms with Crippen molar-refractivity contribution in [1.29, 1.82) is 0 Å². The molecule has 0 spiro atoms. The van der Waals surface area contributed by atoms with Crippen molar-refractivity contribution >= 4 is 40.5 Å². The fourth-order valence-electron chi connectivity index (χ4n) is 3.41. The lowest BCUT2D eigenvalue weighted by Crippen LogP contribution is -2.34. The van der Waals surface area contributed by atoms with Crippen LogP contribution in [-0.2, 0) is 0 Å². The van der Waals surface area contributed by atoms with Crippen molar-refractivity contribution < 1.29 is 14.3 Å². The van der Waals surface area contributed by atoms with Crippen molar-refractivity contribution in [3.8, 4) is 5.75 Å². The molecule has 6 nitrogen and oxygen atoms in total. The van der Waals surface area contributed by atoms with E-state index in [0.717, 1.165) is 12.1 Å². The maximum absolute atomic E-state index is 13.1. The summed E-state index contributed by atoms with van der Waals surface area (Å²) >= 11 is 5.33. The molecular weight excluding hydrogens is 458 g/mol. The number of anilines is 2. The Labute approximate surface area is 212 Å². The van der Waals surface area contributed by atoms with Crippen LogP contribution >= 0.6 is 12.2 Å². The Kier molecular flexibility index (Phi) is 9.38. The predicted molar refractivity (Wildman–Crippen MR) is 145 cm³/mol. The molecule has 0 saturated carbocycles. The first kappa shape index (κ1) is 25.9. The molecule has 0 unspecified atom stereocenters. The second-order valence-corrected chi connectivity index (χ2v) is 8.84. The molecule has 0 heterocycles. The quantitative estimate of drug-likeness (QED) is 0.366. The third-order valence-corrected chi connectivity index (χ3v) is 5.49. The van der Waals surface area contributed by atoms with Crippen LogP contribution in [0.4, 0.5) is 11.4 Å². The van der Waals surface area contributed by atoms with Crippen LogP contribution in [0.15, 0.2) is 78.9 Å². The molecule has 182 valence electrons. The number of nitrogens with one attached hydrogen (secondary N) is 2. The van der Waals surface area contributed by atoms with Gasteiger partial charge in [-0.25, -0.2) is 0 Å². The molecule has 2 amide bonds. The van der Waals surface area contributed by atoms with Crippen LogP contribution < -0.4 is 20.3 Å². The number of hydrogen-bond donors (Lipinski definition) is 2. The molecule has 0 radical (unpaired) electrons. The highest BCUT2D eigenvalue weighted by atomic mass is 32.1. The Morgan fingerprint density at radius 1 is 0.943 bits per heavy atom. The maximum Gasteiger partial charge on any atom is 0.258 e. The van der Waals surface area contributed by atoms with E-state index in [1.165, 1.54) is 0 Å². The number of benzene rings is 3. The van der Waals surface area contributed by atoms with Crippen molar-refractivity contribution in [3.05, 3.63) is 90.0 Å². The van der Waals surface area contributed by atoms with Crippen LogP contribution in [0.3, 0.4) is 0 Å². The monoisotopic (exact) mass is 489 g/mol. The van der Waals surface area contributed by atoms with Gasteiger partial charge in [-0.2, -0.15) is 0 Å². The topological polar surface area (TPSA) is 70.7 Å². The van der Waals surface area contributed by atoms with Crippen LogP contribution in [0, 0.1) is 5.92 Å². The number of para-hydroxylation sites is 1. The average Bonchev–Trinajstić information content (AvgIpc) is 2.85. The van der Waals surface area contributed by atoms with E-state index in [-0.39, 0.29) is 16.9 Å². The van der Waals surface area contributed by atoms with Crippen molar-refractivity contribution in [2.75, 3.05) is 23.4 Å². The highest BCUT2D eigenvalue weighted by Gasteiger charge is 2.16. The van der Waals surface area contributed by atoms with Gasteiger partial charge in [0.1, 0.15) is 5.75 Å². The van der Waals surface area contributed by atoms with Crippen LogP contribution in [0.1, 0.15) is 47.9 Å². The van der Waals surface area contributed by atoms with Gasteiger partial charge in [0, 0.05) is 29.0 Å². The molecule has 0 atom stereocenters. The van der Waals surface area contributed by atoms with Gasteiger partial charge in [-0.05, 0) is 80.0 Å². The number of thiocarbonyl (C=S) groups is 1. The maximum atomic E-state index is 13.1. The number of amides is 2. The van der Waals surface area contributed by atoms with Gasteiger partial charge in [-0.15, -0.1) is 0 Å². The Morgan fingerprint density at radius 3 is 2.37 bits per heavy atom. The summed E-state index contributed by atoms with van der Waals surface area (Å²) in [6.07, 6.45) is 0.938. The Hall–Kier alpha value is -3.71. The molecule has 2 N–H and O–H groups in total. The molecule has 0 aliphatic rings. The van der Waals surface area contributed by atoms with Gasteiger partial charge in [-0.3, -0.25) is 14.9 Å². The minimum atomic E-state index is -0.342. The summed E-state index contributed by atoms with van der Waals surface area (Å²) in [4.78, 5) is 27.5. The number of carbonyl (C=O) groups is 2. The molecule has 0 aliphatic carbocycles. The Morgan fingerprint density at radius 2 is 1.66 bits per heavy atom. The first-order valence-corrected chi connectivity index (χ1v) is 12.1. The summed E-state index contributed by atoms with van der Waals surface area (Å²) in [6.45, 7) is 7.33. The van der Waals surface area contributed by atoms with Gasteiger partial charge in [0.15, 0.2) is 5.11 Å². The third kappa shape index (κ3) is 7.65. The minimum Gasteiger partial charge on any atom is -0.494 e. The highest BCUT2D eigenvalue weighted by Crippen LogP contribution is 2.19. The number of carbonyl (C=O) groups excluding carboxylic acids is 2. The SMILES string of the molecule is CCN(C(=O)c1cccc(NC(=S)NC(=O)c2cccc(OCCC(C)C)c2)c1)c1ccccc1. The summed E-state index contributed by atoms with van der Waals surface area (Å²) in [5.74, 6) is 0.723. The molecule has 0 saturated heterocycles. The number of ether oxygens (including phenoxy) is 1. The lowest BCUT2D eigenvalue weighted by molar-refractivity contribution is 0.0972. The Balaban J connectivity index is 1.62. The van der Waals surface area contributed by atoms with Gasteiger partial charge >= 0.3 is 0 Å². The van der Waals surface area contributed by atoms with Crippen molar-refractivity contribution in [2.24, 2.45) is 5.92 Å². The summed E-state index contributed by atoms with van der Waals surface area (Å²) < 4.78 is 5.74. The van der Waals surface area contributed by atoms with Crippen molar-refractivity contribution in [2.45, 2.75) is 27.2 Å². The van der Waals surface area contributed by atoms with E-state index in [9.17, 15) is 9.59 Å². The zero-order chi connectivity index (χ0) is 25.2. The third-order valence-electron chi connectivity index (χ3n) is 5.28. The molecule has 7 heteroatoms. The molecule has 3 aromatic carbocycles. The highest BCUT2D eigenvalue weighted by molar-refractivity contribution is 7.80. The van der Waals surface area contributed by atoms with Crippen LogP contribution in [-0.4, -0.2) is 30.1 Å². The molecule has 0 fully saturated rings. The number of rotatable bonds is 9. The lowest BCUT2D eigenvalue weighted by atomic mass is 10.1. The predicted octanol–water partition coefficient (Wildman–Crippen LogP) is 5.91. The normalized spacial score (nSPS) is 10.5. The zero-order valence-corrected chi connectivity index (χ0v) is 21.1. The van der Waals surface area contributed by atoms with Gasteiger partial charge in [0.2, 0.25) is 0 Å². The van der Waals surface area contributed by atoms with E-state index >= 15 is 0 Å². The molecule has 0 bridgehead atoms. The van der Waals surface area contributed by atoms with Gasteiger partial charge < -0.3 is 15.0 Å². The minimum absolute atomic E-state index is 0.119. The molecular formula is C28H31N3O3S. The number of hydrogen-bond acceptors (Lipinski definition) is 4. The van der Waals surface area contributed by atoms with Crippen molar-refractivity contribution in [3.63, 3.8) is 0 Å². The second kappa shape index (κ2) is 12.7.